The average molecular weight is 632 g/mol. The lowest BCUT2D eigenvalue weighted by molar-refractivity contribution is -0.146. The van der Waals surface area contributed by atoms with Crippen LogP contribution in [0.15, 0.2) is 36.4 Å². The van der Waals surface area contributed by atoms with Gasteiger partial charge in [0.05, 0.1) is 27.9 Å². The van der Waals surface area contributed by atoms with Gasteiger partial charge in [-0.25, -0.2) is 0 Å². The van der Waals surface area contributed by atoms with Crippen molar-refractivity contribution in [1.82, 2.24) is 0 Å². The Bertz CT molecular complexity index is 904. The second-order valence-corrected chi connectivity index (χ2v) is 9.55. The van der Waals surface area contributed by atoms with Crippen molar-refractivity contribution in [3.63, 3.8) is 0 Å². The van der Waals surface area contributed by atoms with Gasteiger partial charge in [-0.2, -0.15) is 26.3 Å². The molecular weight excluding hydrogens is 605 g/mol. The van der Waals surface area contributed by atoms with Gasteiger partial charge in [0, 0.05) is 12.8 Å². The smallest absolute Gasteiger partial charge is 0.420 e. The Hall–Kier alpha value is -1.73. The first-order valence-electron chi connectivity index (χ1n) is 11.6. The Morgan fingerprint density at radius 2 is 1.19 bits per heavy atom. The summed E-state index contributed by atoms with van der Waals surface area (Å²) in [5.74, 6) is -0.241. The largest absolute Gasteiger partial charge is 0.464 e. The maximum atomic E-state index is 12.9. The van der Waals surface area contributed by atoms with Crippen LogP contribution in [0.25, 0.3) is 0 Å². The van der Waals surface area contributed by atoms with Crippen LogP contribution in [0.3, 0.4) is 0 Å². The fourth-order valence-corrected chi connectivity index (χ4v) is 4.38. The highest BCUT2D eigenvalue weighted by Crippen LogP contribution is 2.40. The third kappa shape index (κ3) is 8.14. The molecule has 0 radical (unpaired) electrons. The minimum atomic E-state index is -4.41. The van der Waals surface area contributed by atoms with Crippen molar-refractivity contribution in [3.8, 4) is 11.5 Å². The van der Waals surface area contributed by atoms with Crippen molar-refractivity contribution in [3.05, 3.63) is 56.7 Å². The topological polar surface area (TPSA) is 36.9 Å². The fraction of sp³-hybridized carbons (Fsp3) is 0.520. The van der Waals surface area contributed by atoms with Gasteiger partial charge in [-0.3, -0.25) is 0 Å². The lowest BCUT2D eigenvalue weighted by atomic mass is 10.1. The molecule has 2 atom stereocenters. The van der Waals surface area contributed by atoms with Gasteiger partial charge in [0.15, 0.2) is 12.6 Å². The number of rotatable bonds is 4. The van der Waals surface area contributed by atoms with E-state index in [-0.39, 0.29) is 11.5 Å². The van der Waals surface area contributed by atoms with E-state index in [1.165, 1.54) is 12.1 Å². The van der Waals surface area contributed by atoms with Crippen LogP contribution in [0.4, 0.5) is 26.3 Å². The van der Waals surface area contributed by atoms with Crippen molar-refractivity contribution < 1.29 is 45.3 Å². The number of halogens is 7. The Balaban J connectivity index is 0.000000201. The second kappa shape index (κ2) is 12.7. The van der Waals surface area contributed by atoms with Crippen molar-refractivity contribution in [1.29, 1.82) is 0 Å². The first-order chi connectivity index (χ1) is 17.0. The van der Waals surface area contributed by atoms with Crippen LogP contribution in [-0.2, 0) is 21.8 Å². The van der Waals surface area contributed by atoms with Crippen molar-refractivity contribution in [2.24, 2.45) is 0 Å². The molecule has 0 aliphatic carbocycles. The fourth-order valence-electron chi connectivity index (χ4n) is 3.76. The van der Waals surface area contributed by atoms with E-state index >= 15 is 0 Å². The summed E-state index contributed by atoms with van der Waals surface area (Å²) in [6.07, 6.45) is -5.02. The van der Waals surface area contributed by atoms with Crippen molar-refractivity contribution in [2.75, 3.05) is 13.2 Å². The Kier molecular flexibility index (Phi) is 10.2. The van der Waals surface area contributed by atoms with E-state index in [1.54, 1.807) is 19.1 Å². The van der Waals surface area contributed by atoms with E-state index in [9.17, 15) is 26.3 Å². The van der Waals surface area contributed by atoms with Gasteiger partial charge in [0.2, 0.25) is 0 Å². The maximum absolute atomic E-state index is 12.9. The molecule has 2 aliphatic rings. The van der Waals surface area contributed by atoms with Crippen LogP contribution in [0.2, 0.25) is 0 Å². The molecule has 36 heavy (non-hydrogen) atoms. The summed E-state index contributed by atoms with van der Waals surface area (Å²) in [6, 6.07) is 8.01. The third-order valence-corrected chi connectivity index (χ3v) is 6.41. The van der Waals surface area contributed by atoms with Gasteiger partial charge in [-0.1, -0.05) is 18.2 Å². The lowest BCUT2D eigenvalue weighted by Crippen LogP contribution is -2.26. The lowest BCUT2D eigenvalue weighted by Gasteiger charge is -2.26. The molecular formula is C25H27F6IO4. The zero-order valence-corrected chi connectivity index (χ0v) is 21.7. The van der Waals surface area contributed by atoms with E-state index in [2.05, 4.69) is 0 Å². The normalized spacial score (nSPS) is 20.8. The monoisotopic (exact) mass is 632 g/mol. The predicted octanol–water partition coefficient (Wildman–Crippen LogP) is 8.13. The summed E-state index contributed by atoms with van der Waals surface area (Å²) in [4.78, 5) is 0. The number of aryl methyl sites for hydroxylation is 1. The number of para-hydroxylation sites is 2. The number of hydrogen-bond acceptors (Lipinski definition) is 4. The van der Waals surface area contributed by atoms with Crippen LogP contribution in [0.5, 0.6) is 11.5 Å². The average Bonchev–Trinajstić information content (AvgIpc) is 2.82. The summed E-state index contributed by atoms with van der Waals surface area (Å²) in [7, 11) is 0. The van der Waals surface area contributed by atoms with E-state index in [0.717, 1.165) is 37.8 Å². The number of benzene rings is 2. The first-order valence-corrected chi connectivity index (χ1v) is 12.6. The molecule has 2 aromatic carbocycles. The van der Waals surface area contributed by atoms with Gasteiger partial charge < -0.3 is 18.9 Å². The summed E-state index contributed by atoms with van der Waals surface area (Å²) in [5.41, 5.74) is -1.01. The van der Waals surface area contributed by atoms with Gasteiger partial charge >= 0.3 is 12.4 Å². The molecule has 2 saturated heterocycles. The maximum Gasteiger partial charge on any atom is 0.420 e. The van der Waals surface area contributed by atoms with E-state index in [1.807, 2.05) is 22.6 Å². The van der Waals surface area contributed by atoms with E-state index in [4.69, 9.17) is 18.9 Å². The first kappa shape index (κ1) is 28.8. The van der Waals surface area contributed by atoms with Crippen LogP contribution in [0.1, 0.15) is 55.2 Å². The molecule has 2 heterocycles. The minimum absolute atomic E-state index is 0.114. The molecule has 11 heteroatoms. The second-order valence-electron chi connectivity index (χ2n) is 8.39. The molecule has 2 aliphatic heterocycles. The van der Waals surface area contributed by atoms with Crippen LogP contribution in [-0.4, -0.2) is 25.8 Å². The number of ether oxygens (including phenoxy) is 4. The molecule has 0 aromatic heterocycles. The van der Waals surface area contributed by atoms with Crippen molar-refractivity contribution in [2.45, 2.75) is 70.4 Å². The Morgan fingerprint density at radius 3 is 1.67 bits per heavy atom. The number of hydrogen-bond donors (Lipinski definition) is 0. The van der Waals surface area contributed by atoms with Gasteiger partial charge in [-0.05, 0) is 79.0 Å². The van der Waals surface area contributed by atoms with Gasteiger partial charge in [-0.15, -0.1) is 0 Å². The molecule has 2 fully saturated rings. The molecule has 200 valence electrons. The van der Waals surface area contributed by atoms with Gasteiger partial charge in [0.1, 0.15) is 11.5 Å². The summed E-state index contributed by atoms with van der Waals surface area (Å²) < 4.78 is 99.0. The zero-order chi connectivity index (χ0) is 26.3. The molecule has 4 nitrogen and oxygen atoms in total. The zero-order valence-electron chi connectivity index (χ0n) is 19.6. The van der Waals surface area contributed by atoms with E-state index < -0.39 is 36.1 Å². The SMILES string of the molecule is Cc1cccc(C(F)(F)F)c1OC1CCCCO1.FC(F)(F)c1cccc(I)c1OC1CCCCO1. The molecule has 2 aromatic rings. The molecule has 2 unspecified atom stereocenters. The molecule has 0 amide bonds. The highest BCUT2D eigenvalue weighted by molar-refractivity contribution is 14.1. The standard InChI is InChI=1S/C13H15F3O2.C12H12F3IO2/c1-9-5-4-6-10(13(14,15)16)12(9)18-11-7-2-3-8-17-11;13-12(14,15)8-4-3-5-9(16)11(8)18-10-6-1-2-7-17-10/h4-6,11H,2-3,7-8H2,1H3;3-5,10H,1-2,6-7H2. The highest BCUT2D eigenvalue weighted by atomic mass is 127. The van der Waals surface area contributed by atoms with E-state index in [0.29, 0.717) is 35.2 Å². The third-order valence-electron chi connectivity index (χ3n) is 5.56. The molecule has 0 saturated carbocycles. The molecule has 0 bridgehead atoms. The van der Waals surface area contributed by atoms with Crippen LogP contribution < -0.4 is 9.47 Å². The number of alkyl halides is 6. The summed E-state index contributed by atoms with van der Waals surface area (Å²) in [6.45, 7) is 2.68. The molecule has 0 N–H and O–H groups in total. The highest BCUT2D eigenvalue weighted by Gasteiger charge is 2.37. The summed E-state index contributed by atoms with van der Waals surface area (Å²) >= 11 is 1.84. The van der Waals surface area contributed by atoms with Crippen LogP contribution in [0, 0.1) is 10.5 Å². The Morgan fingerprint density at radius 1 is 0.722 bits per heavy atom. The quantitative estimate of drug-likeness (QED) is 0.252. The Labute approximate surface area is 219 Å². The van der Waals surface area contributed by atoms with Crippen LogP contribution >= 0.6 is 22.6 Å². The summed E-state index contributed by atoms with van der Waals surface area (Å²) in [5, 5.41) is 0. The molecule has 4 rings (SSSR count). The predicted molar refractivity (Wildman–Crippen MR) is 129 cm³/mol. The molecule has 0 spiro atoms. The van der Waals surface area contributed by atoms with Crippen molar-refractivity contribution >= 4 is 22.6 Å². The van der Waals surface area contributed by atoms with Gasteiger partial charge in [0.25, 0.3) is 0 Å². The minimum Gasteiger partial charge on any atom is -0.464 e.